The topological polar surface area (TPSA) is 70.8 Å². The second kappa shape index (κ2) is 5.96. The summed E-state index contributed by atoms with van der Waals surface area (Å²) in [5.74, 6) is 0.308. The summed E-state index contributed by atoms with van der Waals surface area (Å²) in [7, 11) is 0. The van der Waals surface area contributed by atoms with Crippen LogP contribution in [-0.4, -0.2) is 9.97 Å². The molecule has 0 saturated carbocycles. The molecule has 18 heavy (non-hydrogen) atoms. The number of aromatic nitrogens is 2. The minimum absolute atomic E-state index is 0.308. The highest BCUT2D eigenvalue weighted by molar-refractivity contribution is 6.30. The summed E-state index contributed by atoms with van der Waals surface area (Å²) in [4.78, 5) is 13.0. The van der Waals surface area contributed by atoms with Gasteiger partial charge in [0.05, 0.1) is 24.6 Å². The van der Waals surface area contributed by atoms with Gasteiger partial charge in [-0.25, -0.2) is 15.4 Å². The molecule has 0 radical (unpaired) electrons. The molecule has 0 aliphatic heterocycles. The van der Waals surface area contributed by atoms with Crippen LogP contribution >= 0.6 is 11.6 Å². The Bertz CT molecular complexity index is 548. The molecule has 0 aliphatic carbocycles. The maximum atomic E-state index is 8.58. The number of hydrogen-bond donors (Lipinski definition) is 1. The van der Waals surface area contributed by atoms with Crippen LogP contribution in [0.2, 0.25) is 5.02 Å². The lowest BCUT2D eigenvalue weighted by molar-refractivity contribution is 0.177. The number of nitrogens with one attached hydrogen (secondary N) is 1. The molecular weight excluding hydrogens is 252 g/mol. The highest BCUT2D eigenvalue weighted by Gasteiger charge is 1.97. The first kappa shape index (κ1) is 12.3. The first-order chi connectivity index (χ1) is 8.78. The molecule has 5 nitrogen and oxygen atoms in total. The van der Waals surface area contributed by atoms with Crippen molar-refractivity contribution in [1.82, 2.24) is 9.97 Å². The molecule has 1 heterocycles. The van der Waals surface area contributed by atoms with E-state index in [0.29, 0.717) is 23.1 Å². The van der Waals surface area contributed by atoms with Gasteiger partial charge in [-0.2, -0.15) is 5.26 Å². The van der Waals surface area contributed by atoms with E-state index < -0.39 is 0 Å². The molecule has 0 aliphatic rings. The summed E-state index contributed by atoms with van der Waals surface area (Å²) in [5.41, 5.74) is 3.97. The van der Waals surface area contributed by atoms with Gasteiger partial charge in [0.15, 0.2) is 0 Å². The molecule has 0 amide bonds. The van der Waals surface area contributed by atoms with Crippen LogP contribution in [0.1, 0.15) is 11.1 Å². The molecule has 0 fully saturated rings. The van der Waals surface area contributed by atoms with Crippen LogP contribution in [0.25, 0.3) is 0 Å². The van der Waals surface area contributed by atoms with Gasteiger partial charge in [0.25, 0.3) is 0 Å². The van der Waals surface area contributed by atoms with E-state index >= 15 is 0 Å². The molecule has 0 atom stereocenters. The van der Waals surface area contributed by atoms with E-state index in [1.807, 2.05) is 18.2 Å². The van der Waals surface area contributed by atoms with E-state index in [1.165, 1.54) is 12.4 Å². The lowest BCUT2D eigenvalue weighted by Crippen LogP contribution is -2.04. The van der Waals surface area contributed by atoms with E-state index in [2.05, 4.69) is 15.4 Å². The van der Waals surface area contributed by atoms with Crippen molar-refractivity contribution in [3.8, 4) is 6.07 Å². The molecule has 1 aromatic carbocycles. The third-order valence-corrected chi connectivity index (χ3v) is 2.35. The second-order valence-electron chi connectivity index (χ2n) is 3.42. The first-order valence-electron chi connectivity index (χ1n) is 5.12. The Morgan fingerprint density at radius 1 is 1.22 bits per heavy atom. The molecule has 0 bridgehead atoms. The largest absolute Gasteiger partial charge is 0.269 e. The Morgan fingerprint density at radius 2 is 1.89 bits per heavy atom. The van der Waals surface area contributed by atoms with Crippen molar-refractivity contribution in [2.24, 2.45) is 0 Å². The summed E-state index contributed by atoms with van der Waals surface area (Å²) < 4.78 is 0. The maximum Gasteiger partial charge on any atom is 0.247 e. The summed E-state index contributed by atoms with van der Waals surface area (Å²) in [6.07, 6.45) is 2.84. The van der Waals surface area contributed by atoms with Crippen LogP contribution in [0.15, 0.2) is 36.7 Å². The van der Waals surface area contributed by atoms with E-state index in [-0.39, 0.29) is 0 Å². The normalized spacial score (nSPS) is 9.78. The zero-order valence-corrected chi connectivity index (χ0v) is 10.1. The summed E-state index contributed by atoms with van der Waals surface area (Å²) in [5, 5.41) is 9.27. The molecule has 2 rings (SSSR count). The van der Waals surface area contributed by atoms with Crippen LogP contribution in [-0.2, 0) is 11.4 Å². The Hall–Kier alpha value is -2.16. The van der Waals surface area contributed by atoms with Gasteiger partial charge in [-0.3, -0.25) is 4.84 Å². The minimum Gasteiger partial charge on any atom is -0.269 e. The van der Waals surface area contributed by atoms with Crippen molar-refractivity contribution >= 4 is 17.5 Å². The van der Waals surface area contributed by atoms with Crippen molar-refractivity contribution < 1.29 is 4.84 Å². The maximum absolute atomic E-state index is 8.58. The Kier molecular flexibility index (Phi) is 4.07. The predicted molar refractivity (Wildman–Crippen MR) is 66.6 cm³/mol. The smallest absolute Gasteiger partial charge is 0.247 e. The molecule has 0 unspecified atom stereocenters. The minimum atomic E-state index is 0.308. The third-order valence-electron chi connectivity index (χ3n) is 2.10. The quantitative estimate of drug-likeness (QED) is 0.856. The number of halogens is 1. The van der Waals surface area contributed by atoms with Gasteiger partial charge in [-0.15, -0.1) is 0 Å². The molecule has 0 saturated heterocycles. The van der Waals surface area contributed by atoms with Crippen LogP contribution < -0.4 is 5.48 Å². The van der Waals surface area contributed by atoms with Crippen molar-refractivity contribution in [1.29, 1.82) is 5.26 Å². The fourth-order valence-electron chi connectivity index (χ4n) is 1.20. The SMILES string of the molecule is N#Cc1cnc(NOCc2ccc(Cl)cc2)nc1. The second-order valence-corrected chi connectivity index (χ2v) is 3.86. The number of nitrogens with zero attached hydrogens (tertiary/aromatic N) is 3. The molecule has 2 aromatic rings. The number of rotatable bonds is 4. The van der Waals surface area contributed by atoms with Gasteiger partial charge in [0, 0.05) is 5.02 Å². The molecule has 6 heteroatoms. The van der Waals surface area contributed by atoms with Crippen molar-refractivity contribution in [2.75, 3.05) is 5.48 Å². The first-order valence-corrected chi connectivity index (χ1v) is 5.50. The van der Waals surface area contributed by atoms with Gasteiger partial charge in [-0.05, 0) is 17.7 Å². The van der Waals surface area contributed by atoms with Gasteiger partial charge in [0.1, 0.15) is 6.07 Å². The summed E-state index contributed by atoms with van der Waals surface area (Å²) >= 11 is 5.77. The van der Waals surface area contributed by atoms with Crippen molar-refractivity contribution in [3.63, 3.8) is 0 Å². The van der Waals surface area contributed by atoms with Gasteiger partial charge < -0.3 is 0 Å². The van der Waals surface area contributed by atoms with Crippen LogP contribution in [0.5, 0.6) is 0 Å². The third kappa shape index (κ3) is 3.42. The van der Waals surface area contributed by atoms with E-state index in [4.69, 9.17) is 21.7 Å². The lowest BCUT2D eigenvalue weighted by atomic mass is 10.2. The number of benzene rings is 1. The van der Waals surface area contributed by atoms with E-state index in [0.717, 1.165) is 5.56 Å². The standard InChI is InChI=1S/C12H9ClN4O/c13-11-3-1-9(2-4-11)8-18-17-12-15-6-10(5-14)7-16-12/h1-4,6-7H,8H2,(H,15,16,17). The molecule has 90 valence electrons. The Morgan fingerprint density at radius 3 is 2.50 bits per heavy atom. The highest BCUT2D eigenvalue weighted by atomic mass is 35.5. The fraction of sp³-hybridized carbons (Fsp3) is 0.0833. The highest BCUT2D eigenvalue weighted by Crippen LogP contribution is 2.10. The summed E-state index contributed by atoms with van der Waals surface area (Å²) in [6, 6.07) is 9.25. The monoisotopic (exact) mass is 260 g/mol. The number of nitriles is 1. The zero-order chi connectivity index (χ0) is 12.8. The molecule has 0 spiro atoms. The van der Waals surface area contributed by atoms with E-state index in [1.54, 1.807) is 12.1 Å². The molecule has 1 N–H and O–H groups in total. The van der Waals surface area contributed by atoms with Crippen molar-refractivity contribution in [2.45, 2.75) is 6.61 Å². The van der Waals surface area contributed by atoms with Gasteiger partial charge >= 0.3 is 0 Å². The van der Waals surface area contributed by atoms with Crippen molar-refractivity contribution in [3.05, 3.63) is 52.8 Å². The predicted octanol–water partition coefficient (Wildman–Crippen LogP) is 2.55. The fourth-order valence-corrected chi connectivity index (χ4v) is 1.33. The van der Waals surface area contributed by atoms with Crippen LogP contribution in [0.3, 0.4) is 0 Å². The number of anilines is 1. The summed E-state index contributed by atoms with van der Waals surface area (Å²) in [6.45, 7) is 0.362. The van der Waals surface area contributed by atoms with E-state index in [9.17, 15) is 0 Å². The number of hydrogen-bond acceptors (Lipinski definition) is 5. The van der Waals surface area contributed by atoms with Gasteiger partial charge in [-0.1, -0.05) is 23.7 Å². The Balaban J connectivity index is 1.84. The average molecular weight is 261 g/mol. The van der Waals surface area contributed by atoms with Crippen LogP contribution in [0.4, 0.5) is 5.95 Å². The Labute approximate surface area is 109 Å². The van der Waals surface area contributed by atoms with Gasteiger partial charge in [0.2, 0.25) is 5.95 Å². The molecule has 1 aromatic heterocycles. The lowest BCUT2D eigenvalue weighted by Gasteiger charge is -2.05. The zero-order valence-electron chi connectivity index (χ0n) is 9.30. The van der Waals surface area contributed by atoms with Crippen LogP contribution in [0, 0.1) is 11.3 Å². The molecular formula is C12H9ClN4O. The average Bonchev–Trinajstić information content (AvgIpc) is 2.42.